The zero-order valence-electron chi connectivity index (χ0n) is 17.8. The van der Waals surface area contributed by atoms with E-state index in [1.165, 1.54) is 4.90 Å². The average Bonchev–Trinajstić information content (AvgIpc) is 3.10. The molecule has 33 heavy (non-hydrogen) atoms. The predicted octanol–water partition coefficient (Wildman–Crippen LogP) is 4.58. The van der Waals surface area contributed by atoms with Gasteiger partial charge >= 0.3 is 5.97 Å². The molecule has 0 fully saturated rings. The monoisotopic (exact) mass is 438 g/mol. The molecule has 1 aliphatic heterocycles. The van der Waals surface area contributed by atoms with Crippen LogP contribution in [0.2, 0.25) is 0 Å². The van der Waals surface area contributed by atoms with E-state index in [9.17, 15) is 15.0 Å². The Morgan fingerprint density at radius 3 is 2.61 bits per heavy atom. The van der Waals surface area contributed by atoms with Crippen LogP contribution in [-0.4, -0.2) is 33.9 Å². The van der Waals surface area contributed by atoms with Crippen molar-refractivity contribution in [3.63, 3.8) is 0 Å². The summed E-state index contributed by atoms with van der Waals surface area (Å²) in [4.78, 5) is 17.4. The van der Waals surface area contributed by atoms with E-state index >= 15 is 0 Å². The quantitative estimate of drug-likeness (QED) is 0.459. The van der Waals surface area contributed by atoms with Crippen molar-refractivity contribution in [1.82, 2.24) is 4.98 Å². The first-order chi connectivity index (χ1) is 16.1. The second-order valence-electron chi connectivity index (χ2n) is 7.84. The molecular weight excluding hydrogens is 416 g/mol. The molecule has 1 unspecified atom stereocenters. The first-order valence-electron chi connectivity index (χ1n) is 10.6. The summed E-state index contributed by atoms with van der Waals surface area (Å²) in [6.45, 7) is 0.146. The Bertz CT molecular complexity index is 1350. The van der Waals surface area contributed by atoms with E-state index in [1.54, 1.807) is 6.20 Å². The molecule has 6 heteroatoms. The van der Waals surface area contributed by atoms with Crippen molar-refractivity contribution < 1.29 is 19.7 Å². The largest absolute Gasteiger partial charge is 0.487 e. The fourth-order valence-corrected chi connectivity index (χ4v) is 4.19. The molecule has 6 nitrogen and oxygen atoms in total. The lowest BCUT2D eigenvalue weighted by Gasteiger charge is -2.21. The minimum atomic E-state index is -1.06. The number of nitrogens with zero attached hydrogens (tertiary/aromatic N) is 2. The Labute approximate surface area is 191 Å². The van der Waals surface area contributed by atoms with Crippen molar-refractivity contribution in [3.05, 3.63) is 102 Å². The molecule has 2 N–H and O–H groups in total. The molecule has 0 saturated carbocycles. The number of hydrogen-bond donors (Lipinski definition) is 2. The number of aromatic nitrogens is 1. The summed E-state index contributed by atoms with van der Waals surface area (Å²) < 4.78 is 6.06. The van der Waals surface area contributed by atoms with E-state index in [2.05, 4.69) is 4.98 Å². The highest BCUT2D eigenvalue weighted by molar-refractivity contribution is 6.01. The van der Waals surface area contributed by atoms with Crippen molar-refractivity contribution in [1.29, 1.82) is 0 Å². The van der Waals surface area contributed by atoms with E-state index in [1.807, 2.05) is 84.9 Å². The second kappa shape index (κ2) is 8.76. The topological polar surface area (TPSA) is 82.9 Å². The predicted molar refractivity (Wildman–Crippen MR) is 128 cm³/mol. The van der Waals surface area contributed by atoms with Crippen LogP contribution in [0.5, 0.6) is 5.75 Å². The minimum Gasteiger partial charge on any atom is -0.487 e. The Hall–Kier alpha value is -4.16. The fourth-order valence-electron chi connectivity index (χ4n) is 4.19. The Balaban J connectivity index is 1.54. The van der Waals surface area contributed by atoms with E-state index in [4.69, 9.17) is 4.74 Å². The molecule has 0 spiro atoms. The van der Waals surface area contributed by atoms with E-state index in [0.717, 1.165) is 27.6 Å². The molecule has 0 bridgehead atoms. The van der Waals surface area contributed by atoms with Crippen LogP contribution >= 0.6 is 0 Å². The van der Waals surface area contributed by atoms with Crippen molar-refractivity contribution in [2.45, 2.75) is 12.8 Å². The first kappa shape index (κ1) is 20.7. The van der Waals surface area contributed by atoms with Crippen LogP contribution in [0, 0.1) is 0 Å². The van der Waals surface area contributed by atoms with Crippen molar-refractivity contribution in [2.75, 3.05) is 11.4 Å². The number of anilines is 1. The van der Waals surface area contributed by atoms with Gasteiger partial charge in [0.1, 0.15) is 24.4 Å². The normalized spacial score (nSPS) is 16.2. The average molecular weight is 438 g/mol. The van der Waals surface area contributed by atoms with Gasteiger partial charge in [-0.2, -0.15) is 0 Å². The molecule has 1 aromatic heterocycles. The molecule has 1 aliphatic rings. The summed E-state index contributed by atoms with van der Waals surface area (Å²) in [6, 6.07) is 25.0. The molecule has 5 rings (SSSR count). The van der Waals surface area contributed by atoms with Gasteiger partial charge in [-0.15, -0.1) is 0 Å². The van der Waals surface area contributed by atoms with Crippen molar-refractivity contribution >= 4 is 34.2 Å². The maximum atomic E-state index is 11.4. The lowest BCUT2D eigenvalue weighted by atomic mass is 10.0. The minimum absolute atomic E-state index is 0.288. The molecule has 2 heterocycles. The summed E-state index contributed by atoms with van der Waals surface area (Å²) in [5.74, 6) is -0.323. The van der Waals surface area contributed by atoms with Gasteiger partial charge in [-0.1, -0.05) is 60.7 Å². The third-order valence-electron chi connectivity index (χ3n) is 5.72. The molecule has 4 aromatic rings. The van der Waals surface area contributed by atoms with Crippen molar-refractivity contribution in [2.24, 2.45) is 0 Å². The summed E-state index contributed by atoms with van der Waals surface area (Å²) in [7, 11) is 0. The summed E-state index contributed by atoms with van der Waals surface area (Å²) >= 11 is 0. The second-order valence-corrected chi connectivity index (χ2v) is 7.84. The third-order valence-corrected chi connectivity index (χ3v) is 5.72. The van der Waals surface area contributed by atoms with Crippen LogP contribution in [0.4, 0.5) is 5.69 Å². The molecule has 0 aliphatic carbocycles. The van der Waals surface area contributed by atoms with Gasteiger partial charge in [0.05, 0.1) is 0 Å². The summed E-state index contributed by atoms with van der Waals surface area (Å²) in [5.41, 5.74) is 4.82. The number of carboxylic acid groups (broad SMARTS) is 1. The highest BCUT2D eigenvalue weighted by Crippen LogP contribution is 2.41. The number of hydrogen-bond acceptors (Lipinski definition) is 5. The Kier molecular flexibility index (Phi) is 5.50. The molecule has 1 atom stereocenters. The van der Waals surface area contributed by atoms with Gasteiger partial charge in [0, 0.05) is 28.4 Å². The fraction of sp³-hybridized carbons (Fsp3) is 0.111. The van der Waals surface area contributed by atoms with E-state index in [0.29, 0.717) is 23.6 Å². The molecule has 0 radical (unpaired) electrons. The number of para-hydroxylation sites is 1. The number of aliphatic hydroxyl groups excluding tert-OH is 1. The summed E-state index contributed by atoms with van der Waals surface area (Å²) in [6.07, 6.45) is 2.57. The zero-order chi connectivity index (χ0) is 22.8. The number of carboxylic acids is 1. The molecular formula is C27H22N2O4. The number of pyridine rings is 1. The standard InChI is InChI=1S/C27H22N2O4/c30-25(31)16-29-23-11-5-4-9-21(23)22(27(29)32)15-19-12-13-24(26-20(19)10-6-14-28-26)33-17-18-7-2-1-3-8-18/h1-15,27,32H,16-17H2,(H,30,31). The van der Waals surface area contributed by atoms with E-state index in [-0.39, 0.29) is 6.54 Å². The lowest BCUT2D eigenvalue weighted by Crippen LogP contribution is -2.35. The van der Waals surface area contributed by atoms with E-state index < -0.39 is 12.2 Å². The van der Waals surface area contributed by atoms with Crippen LogP contribution in [0.1, 0.15) is 16.7 Å². The third kappa shape index (κ3) is 4.04. The molecule has 0 amide bonds. The Morgan fingerprint density at radius 1 is 1.00 bits per heavy atom. The summed E-state index contributed by atoms with van der Waals surface area (Å²) in [5, 5.41) is 21.2. The number of carbonyl (C=O) groups is 1. The number of benzene rings is 3. The number of ether oxygens (including phenoxy) is 1. The van der Waals surface area contributed by atoms with Gasteiger partial charge in [0.25, 0.3) is 0 Å². The highest BCUT2D eigenvalue weighted by atomic mass is 16.5. The number of aliphatic hydroxyl groups is 1. The van der Waals surface area contributed by atoms with Gasteiger partial charge < -0.3 is 19.8 Å². The zero-order valence-corrected chi connectivity index (χ0v) is 17.8. The highest BCUT2D eigenvalue weighted by Gasteiger charge is 2.33. The number of rotatable bonds is 6. The van der Waals surface area contributed by atoms with Gasteiger partial charge in [-0.3, -0.25) is 9.78 Å². The van der Waals surface area contributed by atoms with Crippen LogP contribution in [0.25, 0.3) is 22.6 Å². The number of aliphatic carboxylic acids is 1. The Morgan fingerprint density at radius 2 is 1.79 bits per heavy atom. The SMILES string of the molecule is O=C(O)CN1c2ccccc2C(=Cc2ccc(OCc3ccccc3)c3ncccc23)C1O. The molecule has 0 saturated heterocycles. The smallest absolute Gasteiger partial charge is 0.323 e. The molecule has 3 aromatic carbocycles. The van der Waals surface area contributed by atoms with Gasteiger partial charge in [-0.05, 0) is 35.4 Å². The van der Waals surface area contributed by atoms with Crippen LogP contribution in [-0.2, 0) is 11.4 Å². The van der Waals surface area contributed by atoms with Crippen LogP contribution in [0.3, 0.4) is 0 Å². The van der Waals surface area contributed by atoms with Crippen LogP contribution < -0.4 is 9.64 Å². The molecule has 164 valence electrons. The van der Waals surface area contributed by atoms with Crippen LogP contribution in [0.15, 0.2) is 85.1 Å². The van der Waals surface area contributed by atoms with Crippen molar-refractivity contribution in [3.8, 4) is 5.75 Å². The lowest BCUT2D eigenvalue weighted by molar-refractivity contribution is -0.135. The van der Waals surface area contributed by atoms with Gasteiger partial charge in [-0.25, -0.2) is 0 Å². The maximum Gasteiger partial charge on any atom is 0.323 e. The number of fused-ring (bicyclic) bond motifs is 2. The maximum absolute atomic E-state index is 11.4. The van der Waals surface area contributed by atoms with Gasteiger partial charge in [0.15, 0.2) is 6.23 Å². The first-order valence-corrected chi connectivity index (χ1v) is 10.6. The van der Waals surface area contributed by atoms with Gasteiger partial charge in [0.2, 0.25) is 0 Å².